The van der Waals surface area contributed by atoms with Gasteiger partial charge in [-0.2, -0.15) is 0 Å². The molecule has 0 aliphatic carbocycles. The monoisotopic (exact) mass is 249 g/mol. The molecule has 0 atom stereocenters. The maximum absolute atomic E-state index is 10.3. The molecule has 3 heteroatoms. The summed E-state index contributed by atoms with van der Waals surface area (Å²) in [6, 6.07) is 7.89. The average molecular weight is 250 g/mol. The number of pyridine rings is 1. The van der Waals surface area contributed by atoms with Gasteiger partial charge in [0.15, 0.2) is 0 Å². The number of halogens is 1. The van der Waals surface area contributed by atoms with E-state index in [0.29, 0.717) is 6.42 Å². The molecule has 0 aliphatic heterocycles. The van der Waals surface area contributed by atoms with Gasteiger partial charge in [-0.3, -0.25) is 4.98 Å². The molecule has 0 N–H and O–H groups in total. The van der Waals surface area contributed by atoms with Gasteiger partial charge >= 0.3 is 0 Å². The van der Waals surface area contributed by atoms with Crippen molar-refractivity contribution in [3.63, 3.8) is 0 Å². The second-order valence-corrected chi connectivity index (χ2v) is 3.97. The predicted octanol–water partition coefficient (Wildman–Crippen LogP) is 2.74. The first-order chi connectivity index (χ1) is 6.79. The van der Waals surface area contributed by atoms with Gasteiger partial charge in [-0.1, -0.05) is 15.9 Å². The van der Waals surface area contributed by atoms with Gasteiger partial charge in [0.25, 0.3) is 0 Å². The van der Waals surface area contributed by atoms with Crippen LogP contribution in [0.3, 0.4) is 0 Å². The number of aromatic nitrogens is 1. The fourth-order valence-electron chi connectivity index (χ4n) is 1.36. The van der Waals surface area contributed by atoms with Crippen LogP contribution < -0.4 is 0 Å². The van der Waals surface area contributed by atoms with Gasteiger partial charge in [0.1, 0.15) is 6.29 Å². The Morgan fingerprint density at radius 2 is 2.21 bits per heavy atom. The third-order valence-corrected chi connectivity index (χ3v) is 2.51. The van der Waals surface area contributed by atoms with Crippen LogP contribution in [0.25, 0.3) is 10.9 Å². The first-order valence-corrected chi connectivity index (χ1v) is 5.07. The Hall–Kier alpha value is -1.22. The molecule has 0 spiro atoms. The number of carbonyl (C=O) groups is 1. The quantitative estimate of drug-likeness (QED) is 0.767. The molecule has 0 aliphatic rings. The van der Waals surface area contributed by atoms with Gasteiger partial charge in [0.2, 0.25) is 0 Å². The SMILES string of the molecule is O=CCc1cnc2ccc(Br)cc2c1. The minimum atomic E-state index is 0.426. The van der Waals surface area contributed by atoms with Crippen LogP contribution >= 0.6 is 15.9 Å². The Balaban J connectivity index is 2.57. The zero-order chi connectivity index (χ0) is 9.97. The summed E-state index contributed by atoms with van der Waals surface area (Å²) < 4.78 is 1.02. The molecule has 2 aromatic rings. The van der Waals surface area contributed by atoms with Gasteiger partial charge in [0, 0.05) is 22.5 Å². The van der Waals surface area contributed by atoms with Crippen LogP contribution in [0.4, 0.5) is 0 Å². The van der Waals surface area contributed by atoms with E-state index in [9.17, 15) is 4.79 Å². The summed E-state index contributed by atoms with van der Waals surface area (Å²) in [5.74, 6) is 0. The molecule has 70 valence electrons. The molecule has 0 saturated heterocycles. The summed E-state index contributed by atoms with van der Waals surface area (Å²) in [4.78, 5) is 14.6. The number of hydrogen-bond donors (Lipinski definition) is 0. The summed E-state index contributed by atoms with van der Waals surface area (Å²) >= 11 is 3.40. The number of hydrogen-bond acceptors (Lipinski definition) is 2. The van der Waals surface area contributed by atoms with Gasteiger partial charge in [-0.05, 0) is 29.8 Å². The summed E-state index contributed by atoms with van der Waals surface area (Å²) in [5.41, 5.74) is 1.90. The van der Waals surface area contributed by atoms with Crippen molar-refractivity contribution in [3.8, 4) is 0 Å². The molecule has 0 fully saturated rings. The summed E-state index contributed by atoms with van der Waals surface area (Å²) in [5, 5.41) is 1.05. The first-order valence-electron chi connectivity index (χ1n) is 4.27. The standard InChI is InChI=1S/C11H8BrNO/c12-10-1-2-11-9(6-10)5-8(3-4-14)7-13-11/h1-2,4-7H,3H2. The third kappa shape index (κ3) is 1.82. The van der Waals surface area contributed by atoms with Crippen molar-refractivity contribution in [3.05, 3.63) is 40.5 Å². The number of rotatable bonds is 2. The Bertz CT molecular complexity index is 482. The summed E-state index contributed by atoms with van der Waals surface area (Å²) in [7, 11) is 0. The Labute approximate surface area is 90.1 Å². The molecule has 0 bridgehead atoms. The Morgan fingerprint density at radius 3 is 3.00 bits per heavy atom. The number of benzene rings is 1. The van der Waals surface area contributed by atoms with Crippen molar-refractivity contribution >= 4 is 33.1 Å². The number of aldehydes is 1. The lowest BCUT2D eigenvalue weighted by atomic mass is 10.1. The highest BCUT2D eigenvalue weighted by Gasteiger charge is 1.98. The van der Waals surface area contributed by atoms with E-state index in [1.807, 2.05) is 24.3 Å². The van der Waals surface area contributed by atoms with Gasteiger partial charge in [0.05, 0.1) is 5.52 Å². The maximum atomic E-state index is 10.3. The van der Waals surface area contributed by atoms with Crippen molar-refractivity contribution in [2.24, 2.45) is 0 Å². The van der Waals surface area contributed by atoms with Crippen LogP contribution in [0.15, 0.2) is 34.9 Å². The first kappa shape index (κ1) is 9.34. The van der Waals surface area contributed by atoms with Crippen LogP contribution in [0, 0.1) is 0 Å². The van der Waals surface area contributed by atoms with Crippen LogP contribution in [0.2, 0.25) is 0 Å². The van der Waals surface area contributed by atoms with E-state index in [1.165, 1.54) is 0 Å². The molecule has 0 saturated carbocycles. The van der Waals surface area contributed by atoms with Crippen molar-refractivity contribution in [2.75, 3.05) is 0 Å². The zero-order valence-corrected chi connectivity index (χ0v) is 8.99. The molecule has 0 amide bonds. The molecule has 0 unspecified atom stereocenters. The minimum Gasteiger partial charge on any atom is -0.303 e. The molecule has 2 nitrogen and oxygen atoms in total. The summed E-state index contributed by atoms with van der Waals surface area (Å²) in [6.07, 6.45) is 3.06. The highest BCUT2D eigenvalue weighted by atomic mass is 79.9. The molecule has 14 heavy (non-hydrogen) atoms. The molecule has 1 aromatic carbocycles. The third-order valence-electron chi connectivity index (χ3n) is 2.02. The van der Waals surface area contributed by atoms with Crippen LogP contribution in [0.5, 0.6) is 0 Å². The molecule has 0 radical (unpaired) electrons. The van der Waals surface area contributed by atoms with E-state index in [-0.39, 0.29) is 0 Å². The fourth-order valence-corrected chi connectivity index (χ4v) is 1.73. The number of nitrogens with zero attached hydrogens (tertiary/aromatic N) is 1. The van der Waals surface area contributed by atoms with Crippen molar-refractivity contribution in [1.29, 1.82) is 0 Å². The van der Waals surface area contributed by atoms with E-state index in [2.05, 4.69) is 20.9 Å². The van der Waals surface area contributed by atoms with E-state index >= 15 is 0 Å². The minimum absolute atomic E-state index is 0.426. The second-order valence-electron chi connectivity index (χ2n) is 3.05. The number of fused-ring (bicyclic) bond motifs is 1. The van der Waals surface area contributed by atoms with Gasteiger partial charge in [-0.15, -0.1) is 0 Å². The smallest absolute Gasteiger partial charge is 0.124 e. The fraction of sp³-hybridized carbons (Fsp3) is 0.0909. The van der Waals surface area contributed by atoms with E-state index in [1.54, 1.807) is 6.20 Å². The van der Waals surface area contributed by atoms with Gasteiger partial charge in [-0.25, -0.2) is 0 Å². The van der Waals surface area contributed by atoms with Crippen LogP contribution in [0.1, 0.15) is 5.56 Å². The average Bonchev–Trinajstić information content (AvgIpc) is 2.17. The van der Waals surface area contributed by atoms with E-state index < -0.39 is 0 Å². The highest BCUT2D eigenvalue weighted by molar-refractivity contribution is 9.10. The summed E-state index contributed by atoms with van der Waals surface area (Å²) in [6.45, 7) is 0. The molecule has 1 aromatic heterocycles. The molecular weight excluding hydrogens is 242 g/mol. The van der Waals surface area contributed by atoms with E-state index in [4.69, 9.17) is 0 Å². The normalized spacial score (nSPS) is 10.4. The van der Waals surface area contributed by atoms with Crippen molar-refractivity contribution < 1.29 is 4.79 Å². The molecule has 2 rings (SSSR count). The lowest BCUT2D eigenvalue weighted by molar-refractivity contribution is -0.107. The lowest BCUT2D eigenvalue weighted by Gasteiger charge is -2.00. The second kappa shape index (κ2) is 3.88. The van der Waals surface area contributed by atoms with Crippen LogP contribution in [-0.2, 0) is 11.2 Å². The number of carbonyl (C=O) groups excluding carboxylic acids is 1. The van der Waals surface area contributed by atoms with E-state index in [0.717, 1.165) is 27.2 Å². The van der Waals surface area contributed by atoms with Crippen molar-refractivity contribution in [1.82, 2.24) is 4.98 Å². The zero-order valence-electron chi connectivity index (χ0n) is 7.40. The lowest BCUT2D eigenvalue weighted by Crippen LogP contribution is -1.88. The predicted molar refractivity (Wildman–Crippen MR) is 59.2 cm³/mol. The highest BCUT2D eigenvalue weighted by Crippen LogP contribution is 2.18. The topological polar surface area (TPSA) is 30.0 Å². The molecular formula is C11H8BrNO. The largest absolute Gasteiger partial charge is 0.303 e. The van der Waals surface area contributed by atoms with Gasteiger partial charge < -0.3 is 4.79 Å². The molecule has 1 heterocycles. The van der Waals surface area contributed by atoms with Crippen molar-refractivity contribution in [2.45, 2.75) is 6.42 Å². The Kier molecular flexibility index (Phi) is 2.59. The Morgan fingerprint density at radius 1 is 1.36 bits per heavy atom. The maximum Gasteiger partial charge on any atom is 0.124 e. The van der Waals surface area contributed by atoms with Crippen LogP contribution in [-0.4, -0.2) is 11.3 Å².